The number of benzene rings is 1. The molecule has 2 rings (SSSR count). The molecule has 3 nitrogen and oxygen atoms in total. The van der Waals surface area contributed by atoms with Crippen LogP contribution in [-0.4, -0.2) is 22.8 Å². The third-order valence-electron chi connectivity index (χ3n) is 3.34. The molecule has 0 aliphatic carbocycles. The van der Waals surface area contributed by atoms with Crippen molar-refractivity contribution in [1.29, 1.82) is 0 Å². The summed E-state index contributed by atoms with van der Waals surface area (Å²) in [5.74, 6) is 0.919. The highest BCUT2D eigenvalue weighted by molar-refractivity contribution is 7.99. The largest absolute Gasteiger partial charge is 0.312 e. The first-order chi connectivity index (χ1) is 9.97. The third kappa shape index (κ3) is 4.55. The van der Waals surface area contributed by atoms with Crippen LogP contribution in [0.2, 0.25) is 0 Å². The highest BCUT2D eigenvalue weighted by Gasteiger charge is 2.12. The predicted octanol–water partition coefficient (Wildman–Crippen LogP) is 3.76. The van der Waals surface area contributed by atoms with Gasteiger partial charge in [-0.15, -0.1) is 0 Å². The van der Waals surface area contributed by atoms with Crippen LogP contribution in [0.5, 0.6) is 0 Å². The van der Waals surface area contributed by atoms with Crippen molar-refractivity contribution < 1.29 is 0 Å². The molecule has 0 saturated carbocycles. The van der Waals surface area contributed by atoms with Crippen molar-refractivity contribution in [2.24, 2.45) is 0 Å². The van der Waals surface area contributed by atoms with Crippen LogP contribution in [0.1, 0.15) is 34.1 Å². The number of thioether (sulfide) groups is 1. The van der Waals surface area contributed by atoms with Crippen LogP contribution >= 0.6 is 11.8 Å². The highest BCUT2D eigenvalue weighted by atomic mass is 32.2. The maximum absolute atomic E-state index is 4.49. The van der Waals surface area contributed by atoms with Crippen LogP contribution in [-0.2, 0) is 0 Å². The minimum atomic E-state index is 0.304. The van der Waals surface area contributed by atoms with Gasteiger partial charge in [0, 0.05) is 23.2 Å². The van der Waals surface area contributed by atoms with Crippen molar-refractivity contribution in [1.82, 2.24) is 15.3 Å². The maximum atomic E-state index is 4.49. The molecule has 0 amide bonds. The van der Waals surface area contributed by atoms with E-state index < -0.39 is 0 Å². The summed E-state index contributed by atoms with van der Waals surface area (Å²) in [5.41, 5.74) is 5.98. The second-order valence-corrected chi connectivity index (χ2v) is 6.49. The van der Waals surface area contributed by atoms with E-state index in [2.05, 4.69) is 47.3 Å². The summed E-state index contributed by atoms with van der Waals surface area (Å²) in [6.45, 7) is 8.31. The first-order valence-electron chi connectivity index (χ1n) is 7.18. The zero-order chi connectivity index (χ0) is 15.4. The van der Waals surface area contributed by atoms with Crippen LogP contribution in [0.15, 0.2) is 29.4 Å². The van der Waals surface area contributed by atoms with Crippen LogP contribution in [0, 0.1) is 27.7 Å². The van der Waals surface area contributed by atoms with Gasteiger partial charge in [0.05, 0.1) is 0 Å². The van der Waals surface area contributed by atoms with Crippen LogP contribution in [0.3, 0.4) is 0 Å². The Morgan fingerprint density at radius 2 is 1.52 bits per heavy atom. The van der Waals surface area contributed by atoms with E-state index in [9.17, 15) is 0 Å². The van der Waals surface area contributed by atoms with E-state index in [4.69, 9.17) is 0 Å². The molecule has 4 heteroatoms. The van der Waals surface area contributed by atoms with Gasteiger partial charge in [-0.3, -0.25) is 0 Å². The van der Waals surface area contributed by atoms with Gasteiger partial charge in [0.15, 0.2) is 5.16 Å². The number of rotatable bonds is 5. The molecule has 1 aromatic heterocycles. The standard InChI is InChI=1S/C17H23N3S/c1-11-6-12(2)8-15(7-11)16(18-5)10-21-17-19-13(3)9-14(4)20-17/h6-9,16,18H,10H2,1-5H3. The number of aromatic nitrogens is 2. The number of hydrogen-bond donors (Lipinski definition) is 1. The van der Waals surface area contributed by atoms with Gasteiger partial charge in [-0.05, 0) is 46.4 Å². The summed E-state index contributed by atoms with van der Waals surface area (Å²) >= 11 is 1.70. The first kappa shape index (κ1) is 16.0. The molecule has 1 atom stereocenters. The summed E-state index contributed by atoms with van der Waals surface area (Å²) in [4.78, 5) is 8.99. The van der Waals surface area contributed by atoms with E-state index in [1.165, 1.54) is 16.7 Å². The fourth-order valence-corrected chi connectivity index (χ4v) is 3.57. The Balaban J connectivity index is 2.12. The lowest BCUT2D eigenvalue weighted by molar-refractivity contribution is 0.659. The monoisotopic (exact) mass is 301 g/mol. The van der Waals surface area contributed by atoms with Crippen molar-refractivity contribution in [2.75, 3.05) is 12.8 Å². The molecule has 0 radical (unpaired) electrons. The molecule has 21 heavy (non-hydrogen) atoms. The van der Waals surface area contributed by atoms with Gasteiger partial charge in [0.25, 0.3) is 0 Å². The number of nitrogens with one attached hydrogen (secondary N) is 1. The van der Waals surface area contributed by atoms with Crippen molar-refractivity contribution in [2.45, 2.75) is 38.9 Å². The van der Waals surface area contributed by atoms with Crippen molar-refractivity contribution in [3.8, 4) is 0 Å². The molecule has 1 N–H and O–H groups in total. The Kier molecular flexibility index (Phi) is 5.37. The van der Waals surface area contributed by atoms with Crippen LogP contribution in [0.25, 0.3) is 0 Å². The van der Waals surface area contributed by atoms with Gasteiger partial charge in [-0.1, -0.05) is 41.1 Å². The van der Waals surface area contributed by atoms with Gasteiger partial charge in [0.2, 0.25) is 0 Å². The van der Waals surface area contributed by atoms with Crippen LogP contribution in [0.4, 0.5) is 0 Å². The van der Waals surface area contributed by atoms with E-state index in [1.54, 1.807) is 11.8 Å². The molecular formula is C17H23N3S. The minimum absolute atomic E-state index is 0.304. The molecule has 112 valence electrons. The lowest BCUT2D eigenvalue weighted by atomic mass is 10.0. The zero-order valence-electron chi connectivity index (χ0n) is 13.4. The lowest BCUT2D eigenvalue weighted by Crippen LogP contribution is -2.19. The molecule has 0 fully saturated rings. The summed E-state index contributed by atoms with van der Waals surface area (Å²) in [7, 11) is 2.01. The molecule has 2 aromatic rings. The van der Waals surface area contributed by atoms with Gasteiger partial charge in [-0.2, -0.15) is 0 Å². The summed E-state index contributed by atoms with van der Waals surface area (Å²) in [6.07, 6.45) is 0. The first-order valence-corrected chi connectivity index (χ1v) is 8.17. The minimum Gasteiger partial charge on any atom is -0.312 e. The van der Waals surface area contributed by atoms with Gasteiger partial charge >= 0.3 is 0 Å². The molecule has 0 spiro atoms. The molecule has 0 saturated heterocycles. The third-order valence-corrected chi connectivity index (χ3v) is 4.28. The molecule has 1 aromatic carbocycles. The molecular weight excluding hydrogens is 278 g/mol. The summed E-state index contributed by atoms with van der Waals surface area (Å²) in [5, 5.41) is 4.25. The highest BCUT2D eigenvalue weighted by Crippen LogP contribution is 2.24. The Bertz CT molecular complexity index is 585. The molecule has 0 aliphatic rings. The van der Waals surface area contributed by atoms with E-state index in [-0.39, 0.29) is 0 Å². The van der Waals surface area contributed by atoms with Gasteiger partial charge in [0.1, 0.15) is 0 Å². The van der Waals surface area contributed by atoms with Gasteiger partial charge in [-0.25, -0.2) is 9.97 Å². The fourth-order valence-electron chi connectivity index (χ4n) is 2.47. The maximum Gasteiger partial charge on any atom is 0.188 e. The average Bonchev–Trinajstić information content (AvgIpc) is 2.37. The Labute approximate surface area is 131 Å². The molecule has 0 bridgehead atoms. The zero-order valence-corrected chi connectivity index (χ0v) is 14.2. The number of hydrogen-bond acceptors (Lipinski definition) is 4. The normalized spacial score (nSPS) is 12.4. The second kappa shape index (κ2) is 7.05. The number of aryl methyl sites for hydroxylation is 4. The quantitative estimate of drug-likeness (QED) is 0.674. The van der Waals surface area contributed by atoms with E-state index in [1.807, 2.05) is 27.0 Å². The van der Waals surface area contributed by atoms with Crippen molar-refractivity contribution >= 4 is 11.8 Å². The second-order valence-electron chi connectivity index (χ2n) is 5.51. The summed E-state index contributed by atoms with van der Waals surface area (Å²) in [6, 6.07) is 9.01. The SMILES string of the molecule is CNC(CSc1nc(C)cc(C)n1)c1cc(C)cc(C)c1. The summed E-state index contributed by atoms with van der Waals surface area (Å²) < 4.78 is 0. The van der Waals surface area contributed by atoms with Crippen molar-refractivity contribution in [3.63, 3.8) is 0 Å². The van der Waals surface area contributed by atoms with Gasteiger partial charge < -0.3 is 5.32 Å². The number of nitrogens with zero attached hydrogens (tertiary/aromatic N) is 2. The lowest BCUT2D eigenvalue weighted by Gasteiger charge is -2.17. The molecule has 1 unspecified atom stereocenters. The fraction of sp³-hybridized carbons (Fsp3) is 0.412. The molecule has 0 aliphatic heterocycles. The van der Waals surface area contributed by atoms with E-state index >= 15 is 0 Å². The Hall–Kier alpha value is -1.39. The predicted molar refractivity (Wildman–Crippen MR) is 89.9 cm³/mol. The van der Waals surface area contributed by atoms with Crippen molar-refractivity contribution in [3.05, 3.63) is 52.3 Å². The van der Waals surface area contributed by atoms with E-state index in [0.29, 0.717) is 6.04 Å². The topological polar surface area (TPSA) is 37.8 Å². The van der Waals surface area contributed by atoms with E-state index in [0.717, 1.165) is 22.3 Å². The molecule has 1 heterocycles. The smallest absolute Gasteiger partial charge is 0.188 e. The average molecular weight is 301 g/mol. The van der Waals surface area contributed by atoms with Crippen LogP contribution < -0.4 is 5.32 Å². The Morgan fingerprint density at radius 3 is 2.05 bits per heavy atom. The Morgan fingerprint density at radius 1 is 0.952 bits per heavy atom.